The molecule has 1 heterocycles. The van der Waals surface area contributed by atoms with Crippen molar-refractivity contribution in [1.82, 2.24) is 10.3 Å². The van der Waals surface area contributed by atoms with Crippen molar-refractivity contribution in [2.75, 3.05) is 7.11 Å². The molecule has 0 bridgehead atoms. The zero-order valence-electron chi connectivity index (χ0n) is 11.8. The van der Waals surface area contributed by atoms with Gasteiger partial charge in [0.05, 0.1) is 11.6 Å². The van der Waals surface area contributed by atoms with Gasteiger partial charge in [-0.3, -0.25) is 0 Å². The van der Waals surface area contributed by atoms with E-state index in [1.54, 1.807) is 13.3 Å². The summed E-state index contributed by atoms with van der Waals surface area (Å²) in [5, 5.41) is 3.48. The summed E-state index contributed by atoms with van der Waals surface area (Å²) >= 11 is 3.49. The fourth-order valence-electron chi connectivity index (χ4n) is 1.99. The number of halogens is 1. The molecule has 110 valence electrons. The molecule has 5 heteroatoms. The number of rotatable bonds is 6. The Morgan fingerprint density at radius 1 is 1.33 bits per heavy atom. The highest BCUT2D eigenvalue weighted by Gasteiger charge is 2.21. The molecule has 21 heavy (non-hydrogen) atoms. The minimum atomic E-state index is 0.636. The van der Waals surface area contributed by atoms with E-state index in [1.165, 1.54) is 12.8 Å². The molecule has 1 aromatic carbocycles. The molecule has 0 aliphatic heterocycles. The van der Waals surface area contributed by atoms with Gasteiger partial charge in [0.25, 0.3) is 0 Å². The summed E-state index contributed by atoms with van der Waals surface area (Å²) in [5.41, 5.74) is 1.06. The summed E-state index contributed by atoms with van der Waals surface area (Å²) in [6.45, 7) is 0.779. The quantitative estimate of drug-likeness (QED) is 0.859. The Bertz CT molecular complexity index is 629. The lowest BCUT2D eigenvalue weighted by molar-refractivity contribution is 0.410. The van der Waals surface area contributed by atoms with Gasteiger partial charge in [-0.05, 0) is 53.0 Å². The molecule has 1 fully saturated rings. The van der Waals surface area contributed by atoms with E-state index in [9.17, 15) is 0 Å². The van der Waals surface area contributed by atoms with E-state index in [-0.39, 0.29) is 0 Å². The van der Waals surface area contributed by atoms with Crippen LogP contribution in [0.5, 0.6) is 17.4 Å². The summed E-state index contributed by atoms with van der Waals surface area (Å²) in [7, 11) is 1.64. The van der Waals surface area contributed by atoms with Gasteiger partial charge in [-0.25, -0.2) is 4.98 Å². The van der Waals surface area contributed by atoms with Crippen molar-refractivity contribution >= 4 is 15.9 Å². The van der Waals surface area contributed by atoms with Crippen LogP contribution in [0.25, 0.3) is 0 Å². The van der Waals surface area contributed by atoms with E-state index in [4.69, 9.17) is 9.47 Å². The van der Waals surface area contributed by atoms with Gasteiger partial charge in [0.2, 0.25) is 5.88 Å². The van der Waals surface area contributed by atoms with Gasteiger partial charge < -0.3 is 14.8 Å². The standard InChI is InChI=1S/C16H17BrN2O2/c1-20-13-6-7-15(14(17)9-13)21-16-11(3-2-8-18-16)10-19-12-4-5-12/h2-3,6-9,12,19H,4-5,10H2,1H3. The summed E-state index contributed by atoms with van der Waals surface area (Å²) in [5.74, 6) is 2.14. The molecule has 2 aromatic rings. The summed E-state index contributed by atoms with van der Waals surface area (Å²) < 4.78 is 12.0. The second-order valence-corrected chi connectivity index (χ2v) is 5.88. The largest absolute Gasteiger partial charge is 0.497 e. The Morgan fingerprint density at radius 3 is 2.90 bits per heavy atom. The van der Waals surface area contributed by atoms with Gasteiger partial charge in [-0.2, -0.15) is 0 Å². The Kier molecular flexibility index (Phi) is 4.41. The van der Waals surface area contributed by atoms with Crippen molar-refractivity contribution in [2.45, 2.75) is 25.4 Å². The smallest absolute Gasteiger partial charge is 0.223 e. The number of hydrogen-bond acceptors (Lipinski definition) is 4. The maximum absolute atomic E-state index is 5.94. The minimum absolute atomic E-state index is 0.636. The Morgan fingerprint density at radius 2 is 2.19 bits per heavy atom. The zero-order chi connectivity index (χ0) is 14.7. The van der Waals surface area contributed by atoms with Crippen molar-refractivity contribution in [3.05, 3.63) is 46.6 Å². The molecule has 0 atom stereocenters. The van der Waals surface area contributed by atoms with Gasteiger partial charge >= 0.3 is 0 Å². The Balaban J connectivity index is 1.77. The van der Waals surface area contributed by atoms with Gasteiger partial charge in [0, 0.05) is 24.3 Å². The molecule has 0 unspecified atom stereocenters. The van der Waals surface area contributed by atoms with E-state index in [1.807, 2.05) is 30.3 Å². The fourth-order valence-corrected chi connectivity index (χ4v) is 2.43. The lowest BCUT2D eigenvalue weighted by Crippen LogP contribution is -2.16. The molecule has 0 amide bonds. The van der Waals surface area contributed by atoms with Crippen LogP contribution in [-0.4, -0.2) is 18.1 Å². The fraction of sp³-hybridized carbons (Fsp3) is 0.312. The molecule has 1 aromatic heterocycles. The maximum Gasteiger partial charge on any atom is 0.223 e. The van der Waals surface area contributed by atoms with Crippen molar-refractivity contribution in [1.29, 1.82) is 0 Å². The van der Waals surface area contributed by atoms with Crippen molar-refractivity contribution in [3.8, 4) is 17.4 Å². The van der Waals surface area contributed by atoms with Crippen LogP contribution in [0, 0.1) is 0 Å². The van der Waals surface area contributed by atoms with Crippen LogP contribution >= 0.6 is 15.9 Å². The topological polar surface area (TPSA) is 43.4 Å². The second kappa shape index (κ2) is 6.45. The van der Waals surface area contributed by atoms with Crippen LogP contribution in [0.2, 0.25) is 0 Å². The second-order valence-electron chi connectivity index (χ2n) is 5.02. The lowest BCUT2D eigenvalue weighted by Gasteiger charge is -2.12. The normalized spacial score (nSPS) is 14.0. The van der Waals surface area contributed by atoms with E-state index in [0.29, 0.717) is 11.9 Å². The van der Waals surface area contributed by atoms with E-state index < -0.39 is 0 Å². The molecule has 1 N–H and O–H groups in total. The summed E-state index contributed by atoms with van der Waals surface area (Å²) in [6, 6.07) is 10.2. The highest BCUT2D eigenvalue weighted by atomic mass is 79.9. The van der Waals surface area contributed by atoms with Crippen LogP contribution in [0.15, 0.2) is 41.0 Å². The molecule has 1 aliphatic rings. The highest BCUT2D eigenvalue weighted by molar-refractivity contribution is 9.10. The van der Waals surface area contributed by atoms with Crippen LogP contribution in [-0.2, 0) is 6.54 Å². The van der Waals surface area contributed by atoms with Crippen LogP contribution in [0.1, 0.15) is 18.4 Å². The Hall–Kier alpha value is -1.59. The van der Waals surface area contributed by atoms with Crippen molar-refractivity contribution in [3.63, 3.8) is 0 Å². The predicted octanol–water partition coefficient (Wildman–Crippen LogP) is 3.90. The molecule has 4 nitrogen and oxygen atoms in total. The first kappa shape index (κ1) is 14.4. The molecule has 3 rings (SSSR count). The lowest BCUT2D eigenvalue weighted by atomic mass is 10.2. The predicted molar refractivity (Wildman–Crippen MR) is 84.9 cm³/mol. The summed E-state index contributed by atoms with van der Waals surface area (Å²) in [6.07, 6.45) is 4.27. The Labute approximate surface area is 132 Å². The molecule has 0 radical (unpaired) electrons. The number of ether oxygens (including phenoxy) is 2. The molecule has 1 saturated carbocycles. The monoisotopic (exact) mass is 348 g/mol. The van der Waals surface area contributed by atoms with Crippen molar-refractivity contribution < 1.29 is 9.47 Å². The van der Waals surface area contributed by atoms with Crippen LogP contribution < -0.4 is 14.8 Å². The van der Waals surface area contributed by atoms with E-state index in [0.717, 1.165) is 28.1 Å². The van der Waals surface area contributed by atoms with Crippen molar-refractivity contribution in [2.24, 2.45) is 0 Å². The number of methoxy groups -OCH3 is 1. The van der Waals surface area contributed by atoms with Gasteiger partial charge in [-0.15, -0.1) is 0 Å². The van der Waals surface area contributed by atoms with E-state index >= 15 is 0 Å². The zero-order valence-corrected chi connectivity index (χ0v) is 13.4. The highest BCUT2D eigenvalue weighted by Crippen LogP contribution is 2.33. The van der Waals surface area contributed by atoms with Gasteiger partial charge in [0.15, 0.2) is 0 Å². The number of hydrogen-bond donors (Lipinski definition) is 1. The van der Waals surface area contributed by atoms with Crippen LogP contribution in [0.3, 0.4) is 0 Å². The molecule has 1 aliphatic carbocycles. The third-order valence-corrected chi connectivity index (χ3v) is 3.97. The number of benzene rings is 1. The van der Waals surface area contributed by atoms with Gasteiger partial charge in [-0.1, -0.05) is 6.07 Å². The molecular formula is C16H17BrN2O2. The first-order valence-corrected chi connectivity index (χ1v) is 7.74. The summed E-state index contributed by atoms with van der Waals surface area (Å²) in [4.78, 5) is 4.34. The SMILES string of the molecule is COc1ccc(Oc2ncccc2CNC2CC2)c(Br)c1. The minimum Gasteiger partial charge on any atom is -0.497 e. The number of pyridine rings is 1. The van der Waals surface area contributed by atoms with Gasteiger partial charge in [0.1, 0.15) is 11.5 Å². The number of aromatic nitrogens is 1. The average molecular weight is 349 g/mol. The number of nitrogens with zero attached hydrogens (tertiary/aromatic N) is 1. The third kappa shape index (κ3) is 3.74. The molecule has 0 spiro atoms. The molecule has 0 saturated heterocycles. The first-order valence-electron chi connectivity index (χ1n) is 6.95. The number of nitrogens with one attached hydrogen (secondary N) is 1. The van der Waals surface area contributed by atoms with Crippen LogP contribution in [0.4, 0.5) is 0 Å². The van der Waals surface area contributed by atoms with E-state index in [2.05, 4.69) is 26.2 Å². The first-order chi connectivity index (χ1) is 10.3. The maximum atomic E-state index is 5.94. The molecular weight excluding hydrogens is 332 g/mol. The third-order valence-electron chi connectivity index (χ3n) is 3.35. The average Bonchev–Trinajstić information content (AvgIpc) is 3.32.